The lowest BCUT2D eigenvalue weighted by Gasteiger charge is -2.33. The number of hydrogen-bond donors (Lipinski definition) is 0. The standard InChI is InChI=1S/C28H33F4NO5/c1-36-25(35)22-12-27(37-2,28(30,31)32)13-33(22)24(34)20-8-19(17-3-4-17)23(9-21(20)29)38-14-26-10-15-5-16(11-26)7-18(26)6-15/h8-9,15-18,22H,3-7,10-14H2,1-2H3/t15?,16?,18?,22-,26?,27?/m0/s1. The van der Waals surface area contributed by atoms with E-state index in [4.69, 9.17) is 9.47 Å². The van der Waals surface area contributed by atoms with Gasteiger partial charge in [0.1, 0.15) is 17.6 Å². The number of hydrogen-bond acceptors (Lipinski definition) is 5. The van der Waals surface area contributed by atoms with Gasteiger partial charge < -0.3 is 19.1 Å². The number of methoxy groups -OCH3 is 2. The number of likely N-dealkylation sites (tertiary alicyclic amines) is 1. The van der Waals surface area contributed by atoms with Crippen LogP contribution >= 0.6 is 0 Å². The Balaban J connectivity index is 1.28. The quantitative estimate of drug-likeness (QED) is 0.350. The SMILES string of the molecule is COC(=O)[C@@H]1CC(OC)(C(F)(F)F)CN1C(=O)c1cc(C2CC2)c(OCC23CC4CC(CC2C4)C3)cc1F. The average Bonchev–Trinajstić information content (AvgIpc) is 3.52. The van der Waals surface area contributed by atoms with Crippen LogP contribution in [0.1, 0.15) is 73.2 Å². The molecule has 6 aliphatic rings. The van der Waals surface area contributed by atoms with Crippen LogP contribution in [0.2, 0.25) is 0 Å². The predicted octanol–water partition coefficient (Wildman–Crippen LogP) is 5.24. The summed E-state index contributed by atoms with van der Waals surface area (Å²) in [6, 6.07) is 1.06. The van der Waals surface area contributed by atoms with Crippen molar-refractivity contribution in [3.8, 4) is 5.75 Å². The van der Waals surface area contributed by atoms with E-state index in [9.17, 15) is 22.8 Å². The highest BCUT2D eigenvalue weighted by molar-refractivity contribution is 5.98. The molecule has 4 bridgehead atoms. The van der Waals surface area contributed by atoms with Crippen LogP contribution in [0.4, 0.5) is 17.6 Å². The van der Waals surface area contributed by atoms with Gasteiger partial charge in [-0.25, -0.2) is 9.18 Å². The maximum atomic E-state index is 15.5. The Labute approximate surface area is 219 Å². The number of benzene rings is 1. The van der Waals surface area contributed by atoms with Crippen molar-refractivity contribution in [2.45, 2.75) is 75.1 Å². The maximum absolute atomic E-state index is 15.5. The average molecular weight is 540 g/mol. The molecular weight excluding hydrogens is 506 g/mol. The number of alkyl halides is 3. The molecular formula is C28H33F4NO5. The first-order valence-electron chi connectivity index (χ1n) is 13.5. The Hall–Kier alpha value is -2.36. The van der Waals surface area contributed by atoms with Crippen molar-refractivity contribution in [3.63, 3.8) is 0 Å². The van der Waals surface area contributed by atoms with Gasteiger partial charge in [0.2, 0.25) is 0 Å². The zero-order valence-electron chi connectivity index (χ0n) is 21.6. The first kappa shape index (κ1) is 25.9. The molecule has 1 saturated heterocycles. The number of halogens is 4. The van der Waals surface area contributed by atoms with Gasteiger partial charge >= 0.3 is 12.1 Å². The molecule has 3 unspecified atom stereocenters. The molecule has 5 aliphatic carbocycles. The summed E-state index contributed by atoms with van der Waals surface area (Å²) in [5, 5.41) is 0. The first-order chi connectivity index (χ1) is 18.0. The summed E-state index contributed by atoms with van der Waals surface area (Å²) in [7, 11) is 1.92. The van der Waals surface area contributed by atoms with E-state index in [1.54, 1.807) is 0 Å². The highest BCUT2D eigenvalue weighted by Crippen LogP contribution is 2.65. The monoisotopic (exact) mass is 539 g/mol. The van der Waals surface area contributed by atoms with E-state index in [2.05, 4.69) is 4.74 Å². The molecule has 5 saturated carbocycles. The summed E-state index contributed by atoms with van der Waals surface area (Å²) in [6.07, 6.45) is 2.15. The second-order valence-corrected chi connectivity index (χ2v) is 12.2. The summed E-state index contributed by atoms with van der Waals surface area (Å²) in [4.78, 5) is 26.6. The molecule has 6 nitrogen and oxygen atoms in total. The van der Waals surface area contributed by atoms with Crippen LogP contribution in [-0.4, -0.2) is 62.0 Å². The fourth-order valence-corrected chi connectivity index (χ4v) is 8.05. The van der Waals surface area contributed by atoms with Crippen molar-refractivity contribution in [2.24, 2.45) is 23.2 Å². The molecule has 1 amide bonds. The number of carbonyl (C=O) groups excluding carboxylic acids is 2. The van der Waals surface area contributed by atoms with Gasteiger partial charge in [-0.2, -0.15) is 13.2 Å². The third-order valence-corrected chi connectivity index (χ3v) is 9.99. The minimum atomic E-state index is -4.85. The van der Waals surface area contributed by atoms with E-state index in [1.807, 2.05) is 0 Å². The number of nitrogens with zero attached hydrogens (tertiary/aromatic N) is 1. The molecule has 0 N–H and O–H groups in total. The van der Waals surface area contributed by atoms with Gasteiger partial charge in [0.25, 0.3) is 5.91 Å². The van der Waals surface area contributed by atoms with Crippen molar-refractivity contribution >= 4 is 11.9 Å². The zero-order valence-corrected chi connectivity index (χ0v) is 21.6. The molecule has 208 valence electrons. The van der Waals surface area contributed by atoms with E-state index in [1.165, 1.54) is 31.4 Å². The maximum Gasteiger partial charge on any atom is 0.419 e. The number of esters is 1. The van der Waals surface area contributed by atoms with E-state index in [-0.39, 0.29) is 16.9 Å². The molecule has 7 rings (SSSR count). The van der Waals surface area contributed by atoms with Crippen molar-refractivity contribution in [2.75, 3.05) is 27.4 Å². The van der Waals surface area contributed by atoms with Crippen LogP contribution in [0.25, 0.3) is 0 Å². The summed E-state index contributed by atoms with van der Waals surface area (Å²) in [5.74, 6) is -0.200. The molecule has 1 aliphatic heterocycles. The molecule has 0 radical (unpaired) electrons. The Bertz CT molecular complexity index is 1140. The lowest BCUT2D eigenvalue weighted by molar-refractivity contribution is -0.263. The van der Waals surface area contributed by atoms with Crippen molar-refractivity contribution in [1.82, 2.24) is 4.90 Å². The van der Waals surface area contributed by atoms with Gasteiger partial charge in [-0.05, 0) is 80.2 Å². The van der Waals surface area contributed by atoms with E-state index in [0.717, 1.165) is 56.6 Å². The van der Waals surface area contributed by atoms with Crippen molar-refractivity contribution in [1.29, 1.82) is 0 Å². The van der Waals surface area contributed by atoms with E-state index in [0.29, 0.717) is 23.8 Å². The van der Waals surface area contributed by atoms with Crippen LogP contribution in [0.15, 0.2) is 12.1 Å². The number of ether oxygens (including phenoxy) is 3. The largest absolute Gasteiger partial charge is 0.493 e. The number of amides is 1. The van der Waals surface area contributed by atoms with Gasteiger partial charge in [0.15, 0.2) is 5.60 Å². The van der Waals surface area contributed by atoms with Crippen LogP contribution in [0.3, 0.4) is 0 Å². The Morgan fingerprint density at radius 3 is 2.32 bits per heavy atom. The topological polar surface area (TPSA) is 65.1 Å². The van der Waals surface area contributed by atoms with E-state index >= 15 is 4.39 Å². The van der Waals surface area contributed by atoms with Gasteiger partial charge in [0.05, 0.1) is 25.8 Å². The second kappa shape index (κ2) is 8.83. The molecule has 38 heavy (non-hydrogen) atoms. The summed E-state index contributed by atoms with van der Waals surface area (Å²) in [6.45, 7) is -0.413. The minimum absolute atomic E-state index is 0.106. The normalized spacial score (nSPS) is 35.7. The van der Waals surface area contributed by atoms with E-state index < -0.39 is 48.5 Å². The molecule has 6 fully saturated rings. The number of rotatable bonds is 7. The Morgan fingerprint density at radius 2 is 1.74 bits per heavy atom. The molecule has 0 aromatic heterocycles. The summed E-state index contributed by atoms with van der Waals surface area (Å²) < 4.78 is 73.1. The molecule has 1 heterocycles. The molecule has 1 aromatic rings. The fraction of sp³-hybridized carbons (Fsp3) is 0.714. The van der Waals surface area contributed by atoms with Crippen LogP contribution in [0.5, 0.6) is 5.75 Å². The molecule has 1 aromatic carbocycles. The van der Waals surface area contributed by atoms with Gasteiger partial charge in [-0.15, -0.1) is 0 Å². The lowest BCUT2D eigenvalue weighted by atomic mass is 9.76. The second-order valence-electron chi connectivity index (χ2n) is 12.2. The summed E-state index contributed by atoms with van der Waals surface area (Å²) >= 11 is 0. The van der Waals surface area contributed by atoms with Gasteiger partial charge in [0, 0.05) is 25.0 Å². The van der Waals surface area contributed by atoms with Crippen LogP contribution in [-0.2, 0) is 14.3 Å². The number of carbonyl (C=O) groups is 2. The molecule has 10 heteroatoms. The molecule has 0 spiro atoms. The minimum Gasteiger partial charge on any atom is -0.493 e. The molecule has 4 atom stereocenters. The summed E-state index contributed by atoms with van der Waals surface area (Å²) in [5.41, 5.74) is -2.28. The highest BCUT2D eigenvalue weighted by Gasteiger charge is 2.64. The van der Waals surface area contributed by atoms with Crippen molar-refractivity contribution < 1.29 is 41.4 Å². The fourth-order valence-electron chi connectivity index (χ4n) is 8.05. The van der Waals surface area contributed by atoms with Crippen LogP contribution < -0.4 is 4.74 Å². The smallest absolute Gasteiger partial charge is 0.419 e. The zero-order chi connectivity index (χ0) is 27.0. The van der Waals surface area contributed by atoms with Gasteiger partial charge in [-0.1, -0.05) is 0 Å². The predicted molar refractivity (Wildman–Crippen MR) is 127 cm³/mol. The first-order valence-corrected chi connectivity index (χ1v) is 13.5. The lowest BCUT2D eigenvalue weighted by Crippen LogP contribution is -2.49. The third-order valence-electron chi connectivity index (χ3n) is 9.99. The Kier molecular flexibility index (Phi) is 6.01. The highest BCUT2D eigenvalue weighted by atomic mass is 19.4. The third kappa shape index (κ3) is 4.00. The van der Waals surface area contributed by atoms with Crippen LogP contribution in [0, 0.1) is 29.0 Å². The van der Waals surface area contributed by atoms with Gasteiger partial charge in [-0.3, -0.25) is 4.79 Å². The van der Waals surface area contributed by atoms with Crippen molar-refractivity contribution in [3.05, 3.63) is 29.1 Å². The Morgan fingerprint density at radius 1 is 1.05 bits per heavy atom.